The topological polar surface area (TPSA) is 84.6 Å². The van der Waals surface area contributed by atoms with Crippen molar-refractivity contribution < 1.29 is 14.6 Å². The van der Waals surface area contributed by atoms with Crippen LogP contribution in [-0.2, 0) is 9.53 Å². The number of carboxylic acids is 1. The van der Waals surface area contributed by atoms with E-state index in [4.69, 9.17) is 15.6 Å². The Hall–Kier alpha value is -0.650. The van der Waals surface area contributed by atoms with E-state index in [1.54, 1.807) is 0 Å². The number of carboxylic acid groups (broad SMARTS) is 1. The Morgan fingerprint density at radius 2 is 2.54 bits per heavy atom. The first-order chi connectivity index (χ1) is 6.20. The van der Waals surface area contributed by atoms with Crippen molar-refractivity contribution in [2.75, 3.05) is 13.2 Å². The number of nitrogens with two attached hydrogens (primary N) is 1. The van der Waals surface area contributed by atoms with Gasteiger partial charge in [-0.25, -0.2) is 0 Å². The molecule has 2 unspecified atom stereocenters. The summed E-state index contributed by atoms with van der Waals surface area (Å²) in [5, 5.41) is 11.7. The van der Waals surface area contributed by atoms with E-state index in [1.165, 1.54) is 0 Å². The van der Waals surface area contributed by atoms with Crippen molar-refractivity contribution in [2.45, 2.75) is 31.5 Å². The van der Waals surface area contributed by atoms with Crippen molar-refractivity contribution in [3.05, 3.63) is 0 Å². The monoisotopic (exact) mass is 188 g/mol. The fourth-order valence-electron chi connectivity index (χ4n) is 1.31. The SMILES string of the molecule is NC(CCCC1NCCO1)C(=O)O. The third-order valence-electron chi connectivity index (χ3n) is 2.09. The van der Waals surface area contributed by atoms with Crippen LogP contribution < -0.4 is 11.1 Å². The van der Waals surface area contributed by atoms with E-state index in [0.29, 0.717) is 6.42 Å². The Balaban J connectivity index is 2.02. The summed E-state index contributed by atoms with van der Waals surface area (Å²) >= 11 is 0. The number of ether oxygens (including phenoxy) is 1. The minimum absolute atomic E-state index is 0.0981. The summed E-state index contributed by atoms with van der Waals surface area (Å²) in [7, 11) is 0. The molecule has 0 radical (unpaired) electrons. The lowest BCUT2D eigenvalue weighted by molar-refractivity contribution is -0.138. The van der Waals surface area contributed by atoms with Crippen molar-refractivity contribution in [3.8, 4) is 0 Å². The zero-order valence-corrected chi connectivity index (χ0v) is 7.53. The smallest absolute Gasteiger partial charge is 0.320 e. The summed E-state index contributed by atoms with van der Waals surface area (Å²) < 4.78 is 5.30. The fourth-order valence-corrected chi connectivity index (χ4v) is 1.31. The molecule has 0 aromatic rings. The first kappa shape index (κ1) is 10.4. The minimum Gasteiger partial charge on any atom is -0.480 e. The van der Waals surface area contributed by atoms with Crippen LogP contribution in [0.25, 0.3) is 0 Å². The molecular formula is C8H16N2O3. The van der Waals surface area contributed by atoms with Crippen LogP contribution in [0.3, 0.4) is 0 Å². The summed E-state index contributed by atoms with van der Waals surface area (Å²) in [6, 6.07) is -0.735. The second-order valence-electron chi connectivity index (χ2n) is 3.19. The summed E-state index contributed by atoms with van der Waals surface area (Å²) in [6.45, 7) is 1.63. The van der Waals surface area contributed by atoms with Crippen molar-refractivity contribution in [2.24, 2.45) is 5.73 Å². The van der Waals surface area contributed by atoms with E-state index in [0.717, 1.165) is 26.0 Å². The quantitative estimate of drug-likeness (QED) is 0.542. The van der Waals surface area contributed by atoms with Crippen LogP contribution in [0.4, 0.5) is 0 Å². The second-order valence-corrected chi connectivity index (χ2v) is 3.19. The first-order valence-corrected chi connectivity index (χ1v) is 4.53. The van der Waals surface area contributed by atoms with E-state index in [-0.39, 0.29) is 6.23 Å². The highest BCUT2D eigenvalue weighted by atomic mass is 16.5. The number of aliphatic carboxylic acids is 1. The molecule has 4 N–H and O–H groups in total. The van der Waals surface area contributed by atoms with Gasteiger partial charge in [-0.3, -0.25) is 10.1 Å². The molecule has 1 fully saturated rings. The second kappa shape index (κ2) is 5.16. The van der Waals surface area contributed by atoms with Gasteiger partial charge < -0.3 is 15.6 Å². The lowest BCUT2D eigenvalue weighted by Crippen LogP contribution is -2.30. The van der Waals surface area contributed by atoms with Crippen molar-refractivity contribution in [3.63, 3.8) is 0 Å². The maximum atomic E-state index is 10.4. The van der Waals surface area contributed by atoms with Gasteiger partial charge in [-0.05, 0) is 19.3 Å². The Labute approximate surface area is 77.2 Å². The van der Waals surface area contributed by atoms with Gasteiger partial charge in [-0.1, -0.05) is 0 Å². The Bertz CT molecular complexity index is 169. The number of hydrogen-bond donors (Lipinski definition) is 3. The molecule has 0 spiro atoms. The highest BCUT2D eigenvalue weighted by molar-refractivity contribution is 5.72. The van der Waals surface area contributed by atoms with E-state index >= 15 is 0 Å². The molecule has 0 saturated carbocycles. The predicted molar refractivity (Wildman–Crippen MR) is 47.2 cm³/mol. The van der Waals surface area contributed by atoms with Crippen LogP contribution in [0.1, 0.15) is 19.3 Å². The van der Waals surface area contributed by atoms with Crippen molar-refractivity contribution >= 4 is 5.97 Å². The number of carbonyl (C=O) groups is 1. The molecule has 1 heterocycles. The van der Waals surface area contributed by atoms with E-state index in [9.17, 15) is 4.79 Å². The maximum Gasteiger partial charge on any atom is 0.320 e. The van der Waals surface area contributed by atoms with Crippen molar-refractivity contribution in [1.82, 2.24) is 5.32 Å². The lowest BCUT2D eigenvalue weighted by Gasteiger charge is -2.10. The number of nitrogens with one attached hydrogen (secondary N) is 1. The fraction of sp³-hybridized carbons (Fsp3) is 0.875. The standard InChI is InChI=1S/C8H16N2O3/c9-6(8(11)12)2-1-3-7-10-4-5-13-7/h6-7,10H,1-5,9H2,(H,11,12). The van der Waals surface area contributed by atoms with Gasteiger partial charge in [-0.2, -0.15) is 0 Å². The lowest BCUT2D eigenvalue weighted by atomic mass is 10.1. The van der Waals surface area contributed by atoms with Crippen molar-refractivity contribution in [1.29, 1.82) is 0 Å². The van der Waals surface area contributed by atoms with Crippen LogP contribution in [0.15, 0.2) is 0 Å². The number of rotatable bonds is 5. The van der Waals surface area contributed by atoms with Gasteiger partial charge in [0.05, 0.1) is 6.61 Å². The van der Waals surface area contributed by atoms with Crippen LogP contribution >= 0.6 is 0 Å². The van der Waals surface area contributed by atoms with Crippen LogP contribution in [0.2, 0.25) is 0 Å². The Kier molecular flexibility index (Phi) is 4.14. The highest BCUT2D eigenvalue weighted by Crippen LogP contribution is 2.07. The average Bonchev–Trinajstić information content (AvgIpc) is 2.56. The van der Waals surface area contributed by atoms with Crippen LogP contribution in [-0.4, -0.2) is 36.5 Å². The molecule has 5 nitrogen and oxygen atoms in total. The van der Waals surface area contributed by atoms with Crippen LogP contribution in [0, 0.1) is 0 Å². The van der Waals surface area contributed by atoms with Gasteiger partial charge in [0.1, 0.15) is 12.3 Å². The van der Waals surface area contributed by atoms with Gasteiger partial charge in [0.15, 0.2) is 0 Å². The molecule has 0 aliphatic carbocycles. The third kappa shape index (κ3) is 3.71. The largest absolute Gasteiger partial charge is 0.480 e. The summed E-state index contributed by atoms with van der Waals surface area (Å²) in [4.78, 5) is 10.4. The Morgan fingerprint density at radius 1 is 1.77 bits per heavy atom. The van der Waals surface area contributed by atoms with Gasteiger partial charge in [-0.15, -0.1) is 0 Å². The predicted octanol–water partition coefficient (Wildman–Crippen LogP) is -0.486. The molecule has 1 aliphatic rings. The van der Waals surface area contributed by atoms with Gasteiger partial charge in [0, 0.05) is 6.54 Å². The summed E-state index contributed by atoms with van der Waals surface area (Å²) in [6.07, 6.45) is 2.23. The van der Waals surface area contributed by atoms with Gasteiger partial charge in [0.2, 0.25) is 0 Å². The van der Waals surface area contributed by atoms with E-state index < -0.39 is 12.0 Å². The first-order valence-electron chi connectivity index (χ1n) is 4.53. The summed E-state index contributed by atoms with van der Waals surface area (Å²) in [5.41, 5.74) is 5.34. The zero-order valence-electron chi connectivity index (χ0n) is 7.53. The minimum atomic E-state index is -0.930. The molecular weight excluding hydrogens is 172 g/mol. The molecule has 5 heteroatoms. The molecule has 2 atom stereocenters. The van der Waals surface area contributed by atoms with E-state index in [2.05, 4.69) is 5.32 Å². The average molecular weight is 188 g/mol. The molecule has 0 bridgehead atoms. The number of hydrogen-bond acceptors (Lipinski definition) is 4. The molecule has 0 amide bonds. The molecule has 1 saturated heterocycles. The zero-order chi connectivity index (χ0) is 9.68. The highest BCUT2D eigenvalue weighted by Gasteiger charge is 2.16. The molecule has 0 aromatic heterocycles. The van der Waals surface area contributed by atoms with Gasteiger partial charge >= 0.3 is 5.97 Å². The van der Waals surface area contributed by atoms with Crippen LogP contribution in [0.5, 0.6) is 0 Å². The van der Waals surface area contributed by atoms with Gasteiger partial charge in [0.25, 0.3) is 0 Å². The third-order valence-corrected chi connectivity index (χ3v) is 2.09. The molecule has 0 aromatic carbocycles. The molecule has 76 valence electrons. The van der Waals surface area contributed by atoms with E-state index in [1.807, 2.05) is 0 Å². The Morgan fingerprint density at radius 3 is 3.08 bits per heavy atom. The maximum absolute atomic E-state index is 10.4. The molecule has 1 rings (SSSR count). The normalized spacial score (nSPS) is 24.5. The summed E-state index contributed by atoms with van der Waals surface area (Å²) in [5.74, 6) is -0.930. The molecule has 13 heavy (non-hydrogen) atoms. The molecule has 1 aliphatic heterocycles.